The molecule has 106 valence electrons. The van der Waals surface area contributed by atoms with Gasteiger partial charge in [0.25, 0.3) is 5.56 Å². The predicted molar refractivity (Wildman–Crippen MR) is 70.6 cm³/mol. The van der Waals surface area contributed by atoms with E-state index < -0.39 is 22.9 Å². The van der Waals surface area contributed by atoms with Crippen LogP contribution in [0.15, 0.2) is 33.9 Å². The first-order valence-electron chi connectivity index (χ1n) is 5.85. The number of nitrogens with zero attached hydrogens (tertiary/aromatic N) is 2. The molecule has 0 atom stereocenters. The summed E-state index contributed by atoms with van der Waals surface area (Å²) in [4.78, 5) is 23.2. The smallest absolute Gasteiger partial charge is 0.330 e. The van der Waals surface area contributed by atoms with Gasteiger partial charge < -0.3 is 5.32 Å². The van der Waals surface area contributed by atoms with Gasteiger partial charge in [-0.25, -0.2) is 13.6 Å². The van der Waals surface area contributed by atoms with Gasteiger partial charge in [-0.1, -0.05) is 0 Å². The van der Waals surface area contributed by atoms with E-state index in [2.05, 4.69) is 5.32 Å². The number of hydrogen-bond acceptors (Lipinski definition) is 3. The Morgan fingerprint density at radius 1 is 1.05 bits per heavy atom. The van der Waals surface area contributed by atoms with Crippen LogP contribution < -0.4 is 16.6 Å². The molecular weight excluding hydrogens is 268 g/mol. The van der Waals surface area contributed by atoms with Crippen molar-refractivity contribution in [2.75, 3.05) is 5.32 Å². The van der Waals surface area contributed by atoms with Crippen molar-refractivity contribution in [3.8, 4) is 0 Å². The highest BCUT2D eigenvalue weighted by Gasteiger charge is 2.07. The van der Waals surface area contributed by atoms with Gasteiger partial charge in [-0.2, -0.15) is 0 Å². The summed E-state index contributed by atoms with van der Waals surface area (Å²) in [6.45, 7) is 0.146. The van der Waals surface area contributed by atoms with E-state index in [4.69, 9.17) is 0 Å². The van der Waals surface area contributed by atoms with Crippen molar-refractivity contribution >= 4 is 5.69 Å². The molecule has 0 bridgehead atoms. The molecule has 0 saturated heterocycles. The Bertz CT molecular complexity index is 765. The molecule has 0 amide bonds. The first-order valence-corrected chi connectivity index (χ1v) is 5.85. The second kappa shape index (κ2) is 5.28. The molecule has 2 aromatic rings. The molecule has 1 aromatic heterocycles. The van der Waals surface area contributed by atoms with E-state index in [-0.39, 0.29) is 6.54 Å². The largest absolute Gasteiger partial charge is 0.379 e. The minimum Gasteiger partial charge on any atom is -0.379 e. The summed E-state index contributed by atoms with van der Waals surface area (Å²) in [6, 6.07) is 4.70. The second-order valence-electron chi connectivity index (χ2n) is 4.36. The van der Waals surface area contributed by atoms with Crippen LogP contribution in [0, 0.1) is 11.6 Å². The molecule has 0 unspecified atom stereocenters. The van der Waals surface area contributed by atoms with Crippen molar-refractivity contribution in [2.24, 2.45) is 14.1 Å². The van der Waals surface area contributed by atoms with E-state index in [0.29, 0.717) is 11.4 Å². The van der Waals surface area contributed by atoms with Crippen molar-refractivity contribution in [1.82, 2.24) is 9.13 Å². The van der Waals surface area contributed by atoms with Crippen LogP contribution in [0.25, 0.3) is 0 Å². The molecule has 0 spiro atoms. The van der Waals surface area contributed by atoms with Gasteiger partial charge in [-0.3, -0.25) is 13.9 Å². The maximum atomic E-state index is 13.0. The number of nitrogens with one attached hydrogen (secondary N) is 1. The number of rotatable bonds is 3. The van der Waals surface area contributed by atoms with E-state index in [1.54, 1.807) is 0 Å². The Morgan fingerprint density at radius 2 is 1.75 bits per heavy atom. The number of hydrogen-bond donors (Lipinski definition) is 1. The van der Waals surface area contributed by atoms with E-state index in [1.807, 2.05) is 0 Å². The van der Waals surface area contributed by atoms with Gasteiger partial charge in [0, 0.05) is 37.6 Å². The van der Waals surface area contributed by atoms with E-state index >= 15 is 0 Å². The minimum absolute atomic E-state index is 0.146. The molecule has 1 aromatic carbocycles. The summed E-state index contributed by atoms with van der Waals surface area (Å²) in [5, 5.41) is 2.83. The van der Waals surface area contributed by atoms with E-state index in [9.17, 15) is 18.4 Å². The molecule has 0 saturated carbocycles. The van der Waals surface area contributed by atoms with Crippen LogP contribution in [-0.2, 0) is 20.6 Å². The lowest BCUT2D eigenvalue weighted by atomic mass is 10.3. The summed E-state index contributed by atoms with van der Waals surface area (Å²) < 4.78 is 28.1. The van der Waals surface area contributed by atoms with Gasteiger partial charge >= 0.3 is 5.69 Å². The van der Waals surface area contributed by atoms with Crippen LogP contribution in [0.4, 0.5) is 14.5 Å². The van der Waals surface area contributed by atoms with E-state index in [0.717, 1.165) is 16.7 Å². The zero-order valence-electron chi connectivity index (χ0n) is 11.0. The maximum Gasteiger partial charge on any atom is 0.330 e. The van der Waals surface area contributed by atoms with Gasteiger partial charge in [-0.15, -0.1) is 0 Å². The Hall–Kier alpha value is -2.44. The molecule has 1 heterocycles. The van der Waals surface area contributed by atoms with Crippen LogP contribution in [0.2, 0.25) is 0 Å². The van der Waals surface area contributed by atoms with Gasteiger partial charge in [0.15, 0.2) is 11.6 Å². The molecule has 0 aliphatic heterocycles. The lowest BCUT2D eigenvalue weighted by Crippen LogP contribution is -2.38. The van der Waals surface area contributed by atoms with Crippen molar-refractivity contribution in [3.05, 3.63) is 62.4 Å². The molecule has 0 aliphatic rings. The SMILES string of the molecule is Cn1c(CNc2ccc(F)c(F)c2)cc(=O)n(C)c1=O. The highest BCUT2D eigenvalue weighted by Crippen LogP contribution is 2.13. The molecule has 0 radical (unpaired) electrons. The summed E-state index contributed by atoms with van der Waals surface area (Å²) >= 11 is 0. The first kappa shape index (κ1) is 14.0. The van der Waals surface area contributed by atoms with Gasteiger partial charge in [0.2, 0.25) is 0 Å². The molecular formula is C13H13F2N3O2. The highest BCUT2D eigenvalue weighted by molar-refractivity contribution is 5.43. The Morgan fingerprint density at radius 3 is 2.40 bits per heavy atom. The minimum atomic E-state index is -0.965. The number of aromatic nitrogens is 2. The third kappa shape index (κ3) is 2.61. The monoisotopic (exact) mass is 281 g/mol. The molecule has 2 rings (SSSR count). The third-order valence-corrected chi connectivity index (χ3v) is 3.02. The Labute approximate surface area is 113 Å². The van der Waals surface area contributed by atoms with Crippen molar-refractivity contribution < 1.29 is 8.78 Å². The molecule has 1 N–H and O–H groups in total. The molecule has 20 heavy (non-hydrogen) atoms. The molecule has 5 nitrogen and oxygen atoms in total. The lowest BCUT2D eigenvalue weighted by Gasteiger charge is -2.11. The third-order valence-electron chi connectivity index (χ3n) is 3.02. The van der Waals surface area contributed by atoms with Crippen LogP contribution in [-0.4, -0.2) is 9.13 Å². The standard InChI is InChI=1S/C13H13F2N3O2/c1-17-9(6-12(19)18(2)13(17)20)7-16-8-3-4-10(14)11(15)5-8/h3-6,16H,7H2,1-2H3. The summed E-state index contributed by atoms with van der Waals surface area (Å²) in [6.07, 6.45) is 0. The maximum absolute atomic E-state index is 13.0. The predicted octanol–water partition coefficient (Wildman–Crippen LogP) is 0.974. The fourth-order valence-corrected chi connectivity index (χ4v) is 1.75. The van der Waals surface area contributed by atoms with Crippen LogP contribution in [0.5, 0.6) is 0 Å². The lowest BCUT2D eigenvalue weighted by molar-refractivity contribution is 0.509. The molecule has 0 aliphatic carbocycles. The number of halogens is 2. The fraction of sp³-hybridized carbons (Fsp3) is 0.231. The van der Waals surface area contributed by atoms with Gasteiger partial charge in [0.1, 0.15) is 0 Å². The number of benzene rings is 1. The molecule has 0 fully saturated rings. The topological polar surface area (TPSA) is 56.0 Å². The zero-order valence-corrected chi connectivity index (χ0v) is 11.0. The summed E-state index contributed by atoms with van der Waals surface area (Å²) in [5.74, 6) is -1.90. The van der Waals surface area contributed by atoms with Gasteiger partial charge in [-0.05, 0) is 12.1 Å². The van der Waals surface area contributed by atoms with Crippen LogP contribution >= 0.6 is 0 Å². The molecule has 7 heteroatoms. The average Bonchev–Trinajstić information content (AvgIpc) is 2.42. The fourth-order valence-electron chi connectivity index (χ4n) is 1.75. The van der Waals surface area contributed by atoms with Crippen LogP contribution in [0.3, 0.4) is 0 Å². The van der Waals surface area contributed by atoms with Gasteiger partial charge in [0.05, 0.1) is 6.54 Å². The van der Waals surface area contributed by atoms with Crippen molar-refractivity contribution in [1.29, 1.82) is 0 Å². The van der Waals surface area contributed by atoms with E-state index in [1.165, 1.54) is 30.8 Å². The quantitative estimate of drug-likeness (QED) is 0.912. The average molecular weight is 281 g/mol. The van der Waals surface area contributed by atoms with Crippen molar-refractivity contribution in [2.45, 2.75) is 6.54 Å². The van der Waals surface area contributed by atoms with Crippen LogP contribution in [0.1, 0.15) is 5.69 Å². The zero-order chi connectivity index (χ0) is 14.9. The number of anilines is 1. The Kier molecular flexibility index (Phi) is 3.69. The highest BCUT2D eigenvalue weighted by atomic mass is 19.2. The van der Waals surface area contributed by atoms with Crippen molar-refractivity contribution in [3.63, 3.8) is 0 Å². The summed E-state index contributed by atoms with van der Waals surface area (Å²) in [5.41, 5.74) is -0.0605. The normalized spacial score (nSPS) is 10.6. The summed E-state index contributed by atoms with van der Waals surface area (Å²) in [7, 11) is 2.92. The second-order valence-corrected chi connectivity index (χ2v) is 4.36. The first-order chi connectivity index (χ1) is 9.40. The Balaban J connectivity index is 2.25.